The largest absolute Gasteiger partial charge is 0.365 e. The number of sulfone groups is 1. The molecule has 0 bridgehead atoms. The molecule has 1 aromatic rings. The Bertz CT molecular complexity index is 693. The minimum atomic E-state index is -3.16. The molecule has 0 aliphatic heterocycles. The normalized spacial score (nSPS) is 17.0. The highest BCUT2D eigenvalue weighted by Gasteiger charge is 2.27. The SMILES string of the molecule is C=CCOC(C)C(=O)Nc1cccc(CS(=O)(=O)C2CCCCC2)c1. The van der Waals surface area contributed by atoms with Gasteiger partial charge in [0.25, 0.3) is 5.91 Å². The van der Waals surface area contributed by atoms with Gasteiger partial charge in [0.15, 0.2) is 9.84 Å². The maximum atomic E-state index is 12.6. The molecule has 25 heavy (non-hydrogen) atoms. The molecule has 6 heteroatoms. The summed E-state index contributed by atoms with van der Waals surface area (Å²) < 4.78 is 30.5. The summed E-state index contributed by atoms with van der Waals surface area (Å²) >= 11 is 0. The molecule has 1 fully saturated rings. The van der Waals surface area contributed by atoms with Crippen LogP contribution >= 0.6 is 0 Å². The van der Waals surface area contributed by atoms with Gasteiger partial charge >= 0.3 is 0 Å². The number of anilines is 1. The third-order valence-electron chi connectivity index (χ3n) is 4.46. The molecule has 0 saturated heterocycles. The lowest BCUT2D eigenvalue weighted by molar-refractivity contribution is -0.125. The quantitative estimate of drug-likeness (QED) is 0.716. The van der Waals surface area contributed by atoms with E-state index in [0.29, 0.717) is 17.9 Å². The van der Waals surface area contributed by atoms with Crippen LogP contribution < -0.4 is 5.32 Å². The van der Waals surface area contributed by atoms with E-state index in [-0.39, 0.29) is 16.9 Å². The zero-order valence-electron chi connectivity index (χ0n) is 14.7. The van der Waals surface area contributed by atoms with Crippen LogP contribution in [0.15, 0.2) is 36.9 Å². The molecule has 1 aliphatic rings. The van der Waals surface area contributed by atoms with E-state index < -0.39 is 15.9 Å². The molecule has 1 aliphatic carbocycles. The van der Waals surface area contributed by atoms with Crippen molar-refractivity contribution in [3.63, 3.8) is 0 Å². The highest BCUT2D eigenvalue weighted by molar-refractivity contribution is 7.91. The van der Waals surface area contributed by atoms with Crippen LogP contribution in [0, 0.1) is 0 Å². The second-order valence-corrected chi connectivity index (χ2v) is 8.80. The number of carbonyl (C=O) groups is 1. The summed E-state index contributed by atoms with van der Waals surface area (Å²) in [6.45, 7) is 5.51. The number of amides is 1. The second kappa shape index (κ2) is 9.15. The van der Waals surface area contributed by atoms with Gasteiger partial charge in [-0.15, -0.1) is 6.58 Å². The van der Waals surface area contributed by atoms with Crippen molar-refractivity contribution in [2.75, 3.05) is 11.9 Å². The Morgan fingerprint density at radius 3 is 2.76 bits per heavy atom. The average molecular weight is 365 g/mol. The van der Waals surface area contributed by atoms with E-state index in [0.717, 1.165) is 32.1 Å². The van der Waals surface area contributed by atoms with Gasteiger partial charge in [0.05, 0.1) is 17.6 Å². The Labute approximate surface area is 150 Å². The van der Waals surface area contributed by atoms with Gasteiger partial charge in [-0.1, -0.05) is 37.5 Å². The van der Waals surface area contributed by atoms with Gasteiger partial charge in [-0.25, -0.2) is 8.42 Å². The zero-order chi connectivity index (χ0) is 18.3. The third kappa shape index (κ3) is 5.97. The first-order valence-corrected chi connectivity index (χ1v) is 10.5. The van der Waals surface area contributed by atoms with Gasteiger partial charge in [-0.3, -0.25) is 4.79 Å². The summed E-state index contributed by atoms with van der Waals surface area (Å²) in [7, 11) is -3.16. The van der Waals surface area contributed by atoms with Crippen LogP contribution in [-0.2, 0) is 25.1 Å². The Kier molecular flexibility index (Phi) is 7.20. The van der Waals surface area contributed by atoms with Crippen molar-refractivity contribution in [2.45, 2.75) is 56.1 Å². The summed E-state index contributed by atoms with van der Waals surface area (Å²) in [6.07, 6.45) is 5.60. The van der Waals surface area contributed by atoms with E-state index >= 15 is 0 Å². The molecule has 1 saturated carbocycles. The number of ether oxygens (including phenoxy) is 1. The summed E-state index contributed by atoms with van der Waals surface area (Å²) in [5.74, 6) is -0.252. The predicted octanol–water partition coefficient (Wildman–Crippen LogP) is 3.46. The van der Waals surface area contributed by atoms with Gasteiger partial charge in [-0.2, -0.15) is 0 Å². The zero-order valence-corrected chi connectivity index (χ0v) is 15.6. The number of rotatable bonds is 8. The molecule has 2 rings (SSSR count). The van der Waals surface area contributed by atoms with Crippen molar-refractivity contribution in [3.05, 3.63) is 42.5 Å². The fourth-order valence-corrected chi connectivity index (χ4v) is 4.98. The predicted molar refractivity (Wildman–Crippen MR) is 100 cm³/mol. The van der Waals surface area contributed by atoms with Gasteiger partial charge in [-0.05, 0) is 37.5 Å². The third-order valence-corrected chi connectivity index (χ3v) is 6.68. The first-order valence-electron chi connectivity index (χ1n) is 8.76. The molecular formula is C19H27NO4S. The van der Waals surface area contributed by atoms with Crippen molar-refractivity contribution in [3.8, 4) is 0 Å². The molecule has 1 unspecified atom stereocenters. The molecule has 5 nitrogen and oxygen atoms in total. The number of nitrogens with one attached hydrogen (secondary N) is 1. The van der Waals surface area contributed by atoms with Crippen LogP contribution in [-0.4, -0.2) is 32.3 Å². The van der Waals surface area contributed by atoms with E-state index in [1.165, 1.54) is 0 Å². The van der Waals surface area contributed by atoms with Gasteiger partial charge < -0.3 is 10.1 Å². The summed E-state index contributed by atoms with van der Waals surface area (Å²) in [6, 6.07) is 7.01. The summed E-state index contributed by atoms with van der Waals surface area (Å²) in [4.78, 5) is 12.1. The molecular weight excluding hydrogens is 338 g/mol. The van der Waals surface area contributed by atoms with Crippen LogP contribution in [0.4, 0.5) is 5.69 Å². The van der Waals surface area contributed by atoms with E-state index in [1.807, 2.05) is 0 Å². The Morgan fingerprint density at radius 2 is 2.08 bits per heavy atom. The minimum absolute atomic E-state index is 0.0178. The van der Waals surface area contributed by atoms with E-state index in [2.05, 4.69) is 11.9 Å². The summed E-state index contributed by atoms with van der Waals surface area (Å²) in [5, 5.41) is 2.53. The topological polar surface area (TPSA) is 72.5 Å². The van der Waals surface area contributed by atoms with Crippen LogP contribution in [0.3, 0.4) is 0 Å². The first-order chi connectivity index (χ1) is 11.9. The highest BCUT2D eigenvalue weighted by Crippen LogP contribution is 2.26. The Hall–Kier alpha value is -1.66. The second-order valence-electron chi connectivity index (χ2n) is 6.52. The molecule has 0 heterocycles. The Balaban J connectivity index is 2.00. The summed E-state index contributed by atoms with van der Waals surface area (Å²) in [5.41, 5.74) is 1.28. The fourth-order valence-electron chi connectivity index (χ4n) is 3.05. The van der Waals surface area contributed by atoms with E-state index in [9.17, 15) is 13.2 Å². The average Bonchev–Trinajstić information content (AvgIpc) is 2.60. The lowest BCUT2D eigenvalue weighted by Crippen LogP contribution is -2.28. The maximum absolute atomic E-state index is 12.6. The van der Waals surface area contributed by atoms with Gasteiger partial charge in [0.1, 0.15) is 6.10 Å². The number of carbonyl (C=O) groups excluding carboxylic acids is 1. The van der Waals surface area contributed by atoms with Gasteiger partial charge in [0, 0.05) is 5.69 Å². The van der Waals surface area contributed by atoms with Crippen LogP contribution in [0.2, 0.25) is 0 Å². The molecule has 1 amide bonds. The van der Waals surface area contributed by atoms with Crippen molar-refractivity contribution >= 4 is 21.4 Å². The monoisotopic (exact) mass is 365 g/mol. The molecule has 1 aromatic carbocycles. The van der Waals surface area contributed by atoms with Crippen molar-refractivity contribution in [1.82, 2.24) is 0 Å². The molecule has 0 spiro atoms. The molecule has 0 aromatic heterocycles. The maximum Gasteiger partial charge on any atom is 0.253 e. The Morgan fingerprint density at radius 1 is 1.36 bits per heavy atom. The lowest BCUT2D eigenvalue weighted by Gasteiger charge is -2.21. The highest BCUT2D eigenvalue weighted by atomic mass is 32.2. The number of hydrogen-bond acceptors (Lipinski definition) is 4. The fraction of sp³-hybridized carbons (Fsp3) is 0.526. The molecule has 1 atom stereocenters. The van der Waals surface area contributed by atoms with E-state index in [1.54, 1.807) is 37.3 Å². The number of benzene rings is 1. The smallest absolute Gasteiger partial charge is 0.253 e. The van der Waals surface area contributed by atoms with Crippen LogP contribution in [0.5, 0.6) is 0 Å². The lowest BCUT2D eigenvalue weighted by atomic mass is 10.0. The molecule has 0 radical (unpaired) electrons. The number of hydrogen-bond donors (Lipinski definition) is 1. The van der Waals surface area contributed by atoms with Crippen LogP contribution in [0.25, 0.3) is 0 Å². The van der Waals surface area contributed by atoms with Crippen LogP contribution in [0.1, 0.15) is 44.6 Å². The van der Waals surface area contributed by atoms with E-state index in [4.69, 9.17) is 4.74 Å². The van der Waals surface area contributed by atoms with Gasteiger partial charge in [0.2, 0.25) is 0 Å². The van der Waals surface area contributed by atoms with Crippen molar-refractivity contribution < 1.29 is 17.9 Å². The minimum Gasteiger partial charge on any atom is -0.365 e. The van der Waals surface area contributed by atoms with Crippen molar-refractivity contribution in [1.29, 1.82) is 0 Å². The molecule has 138 valence electrons. The molecule has 1 N–H and O–H groups in total. The van der Waals surface area contributed by atoms with Crippen molar-refractivity contribution in [2.24, 2.45) is 0 Å². The first kappa shape index (κ1) is 19.7. The standard InChI is InChI=1S/C19H27NO4S/c1-3-12-24-15(2)19(21)20-17-9-7-8-16(13-17)14-25(22,23)18-10-5-4-6-11-18/h3,7-9,13,15,18H,1,4-6,10-12,14H2,2H3,(H,20,21).